The molecule has 0 saturated heterocycles. The average Bonchev–Trinajstić information content (AvgIpc) is 3.35. The van der Waals surface area contributed by atoms with E-state index in [0.29, 0.717) is 12.0 Å². The van der Waals surface area contributed by atoms with Crippen LogP contribution in [0.3, 0.4) is 0 Å². The number of imide groups is 1. The zero-order chi connectivity index (χ0) is 28.9. The second-order valence-corrected chi connectivity index (χ2v) is 11.9. The standard InChI is InChI=1S/C26H8Cl8N2O4/c27-14-10-11(15(28)19(32)18(14)31)24(38)9(23(10)37)7-5-4-6-2-1-3-8(22(6)35-7)36-25(39)12-13(26(36)40)17(30)21(34)20(33)16(12)29/h1-3,37H,4-5H2. The summed E-state index contributed by atoms with van der Waals surface area (Å²) < 4.78 is 0. The third kappa shape index (κ3) is 3.71. The number of nitrogens with zero attached hydrogens (tertiary/aromatic N) is 2. The number of hydrogen-bond donors (Lipinski definition) is 1. The molecule has 0 unspecified atom stereocenters. The highest BCUT2D eigenvalue weighted by Crippen LogP contribution is 2.50. The molecule has 1 N–H and O–H groups in total. The number of aryl methyl sites for hydroxylation is 1. The van der Waals surface area contributed by atoms with E-state index in [1.165, 1.54) is 6.07 Å². The van der Waals surface area contributed by atoms with Crippen LogP contribution >= 0.6 is 92.8 Å². The van der Waals surface area contributed by atoms with Crippen LogP contribution in [0.15, 0.2) is 28.8 Å². The van der Waals surface area contributed by atoms with E-state index < -0.39 is 23.4 Å². The summed E-state index contributed by atoms with van der Waals surface area (Å²) in [4.78, 5) is 46.0. The van der Waals surface area contributed by atoms with Crippen molar-refractivity contribution in [2.24, 2.45) is 4.99 Å². The maximum atomic E-state index is 13.5. The summed E-state index contributed by atoms with van der Waals surface area (Å²) in [5.41, 5.74) is 0.491. The lowest BCUT2D eigenvalue weighted by Crippen LogP contribution is -2.30. The third-order valence-electron chi connectivity index (χ3n) is 6.80. The lowest BCUT2D eigenvalue weighted by molar-refractivity contribution is 0.0925. The van der Waals surface area contributed by atoms with Crippen molar-refractivity contribution in [3.63, 3.8) is 0 Å². The Labute approximate surface area is 265 Å². The average molecular weight is 696 g/mol. The van der Waals surface area contributed by atoms with E-state index in [-0.39, 0.29) is 91.5 Å². The molecular formula is C26H8Cl8N2O4. The van der Waals surface area contributed by atoms with E-state index in [9.17, 15) is 19.5 Å². The zero-order valence-corrected chi connectivity index (χ0v) is 25.3. The molecule has 6 nitrogen and oxygen atoms in total. The predicted octanol–water partition coefficient (Wildman–Crippen LogP) is 9.90. The molecule has 6 rings (SSSR count). The van der Waals surface area contributed by atoms with Gasteiger partial charge in [-0.3, -0.25) is 19.4 Å². The third-order valence-corrected chi connectivity index (χ3v) is 10.4. The Hall–Kier alpha value is -2.00. The van der Waals surface area contributed by atoms with Gasteiger partial charge in [-0.2, -0.15) is 0 Å². The molecule has 2 heterocycles. The summed E-state index contributed by atoms with van der Waals surface area (Å²) in [5.74, 6) is -2.68. The number of aliphatic hydroxyl groups excluding tert-OH is 1. The van der Waals surface area contributed by atoms with Crippen molar-refractivity contribution < 1.29 is 19.5 Å². The number of hydrogen-bond acceptors (Lipinski definition) is 5. The van der Waals surface area contributed by atoms with Crippen molar-refractivity contribution >= 4 is 133 Å². The number of allylic oxidation sites excluding steroid dienone is 1. The minimum absolute atomic E-state index is 0.0544. The maximum absolute atomic E-state index is 13.5. The number of amides is 2. The van der Waals surface area contributed by atoms with Gasteiger partial charge < -0.3 is 5.11 Å². The van der Waals surface area contributed by atoms with Crippen molar-refractivity contribution in [1.29, 1.82) is 0 Å². The van der Waals surface area contributed by atoms with Gasteiger partial charge in [0.25, 0.3) is 11.8 Å². The molecule has 40 heavy (non-hydrogen) atoms. The van der Waals surface area contributed by atoms with Crippen molar-refractivity contribution in [3.8, 4) is 0 Å². The van der Waals surface area contributed by atoms with Crippen LogP contribution in [0.25, 0.3) is 5.76 Å². The van der Waals surface area contributed by atoms with Crippen molar-refractivity contribution in [2.75, 3.05) is 4.90 Å². The fourth-order valence-corrected chi connectivity index (χ4v) is 7.02. The topological polar surface area (TPSA) is 87.0 Å². The number of para-hydroxylation sites is 1. The van der Waals surface area contributed by atoms with Crippen LogP contribution in [-0.4, -0.2) is 28.4 Å². The number of anilines is 1. The summed E-state index contributed by atoms with van der Waals surface area (Å²) in [5, 5.41) is 9.80. The van der Waals surface area contributed by atoms with E-state index in [4.69, 9.17) is 92.8 Å². The normalized spacial score (nSPS) is 16.1. The highest BCUT2D eigenvalue weighted by atomic mass is 35.5. The minimum atomic E-state index is -0.782. The number of ketones is 1. The zero-order valence-electron chi connectivity index (χ0n) is 19.2. The molecule has 202 valence electrons. The van der Waals surface area contributed by atoms with Crippen LogP contribution in [0.1, 0.15) is 48.6 Å². The number of aliphatic hydroxyl groups is 1. The summed E-state index contributed by atoms with van der Waals surface area (Å²) in [6.45, 7) is 0. The van der Waals surface area contributed by atoms with Crippen molar-refractivity contribution in [2.45, 2.75) is 12.8 Å². The van der Waals surface area contributed by atoms with Crippen LogP contribution in [-0.2, 0) is 6.42 Å². The number of carbonyl (C=O) groups excluding carboxylic acids is 3. The largest absolute Gasteiger partial charge is 0.506 e. The van der Waals surface area contributed by atoms with Gasteiger partial charge in [-0.15, -0.1) is 0 Å². The summed E-state index contributed by atoms with van der Waals surface area (Å²) in [7, 11) is 0. The highest BCUT2D eigenvalue weighted by molar-refractivity contribution is 6.57. The SMILES string of the molecule is O=C1C(C2=Nc3c(cccc3N3C(=O)c4c(Cl)c(Cl)c(Cl)c(Cl)c4C3=O)CC2)=C(O)c2c(Cl)c(Cl)c(Cl)c(Cl)c21. The molecule has 0 fully saturated rings. The second-order valence-electron chi connectivity index (χ2n) is 8.85. The fraction of sp³-hybridized carbons (Fsp3) is 0.0769. The van der Waals surface area contributed by atoms with Gasteiger partial charge in [-0.1, -0.05) is 105 Å². The lowest BCUT2D eigenvalue weighted by Gasteiger charge is -2.22. The summed E-state index contributed by atoms with van der Waals surface area (Å²) in [6.07, 6.45) is 0.588. The maximum Gasteiger partial charge on any atom is 0.267 e. The van der Waals surface area contributed by atoms with Gasteiger partial charge in [-0.05, 0) is 24.5 Å². The van der Waals surface area contributed by atoms with Crippen LogP contribution in [0, 0.1) is 0 Å². The van der Waals surface area contributed by atoms with Crippen LogP contribution < -0.4 is 4.90 Å². The van der Waals surface area contributed by atoms with Crippen LogP contribution in [0.4, 0.5) is 11.4 Å². The molecule has 0 aromatic heterocycles. The summed E-state index contributed by atoms with van der Waals surface area (Å²) >= 11 is 49.8. The molecule has 0 bridgehead atoms. The predicted molar refractivity (Wildman–Crippen MR) is 160 cm³/mol. The van der Waals surface area contributed by atoms with Crippen molar-refractivity contribution in [1.82, 2.24) is 0 Å². The summed E-state index contributed by atoms with van der Waals surface area (Å²) in [6, 6.07) is 4.92. The van der Waals surface area contributed by atoms with E-state index >= 15 is 0 Å². The monoisotopic (exact) mass is 692 g/mol. The molecule has 0 atom stereocenters. The first-order chi connectivity index (χ1) is 18.9. The Morgan fingerprint density at radius 1 is 0.650 bits per heavy atom. The molecule has 14 heteroatoms. The molecule has 2 aliphatic heterocycles. The Morgan fingerprint density at radius 3 is 1.70 bits per heavy atom. The number of fused-ring (bicyclic) bond motifs is 3. The molecule has 0 spiro atoms. The Bertz CT molecular complexity index is 1820. The van der Waals surface area contributed by atoms with Gasteiger partial charge in [0.15, 0.2) is 0 Å². The van der Waals surface area contributed by atoms with Gasteiger partial charge in [0.2, 0.25) is 5.78 Å². The molecule has 0 saturated carbocycles. The number of carbonyl (C=O) groups is 3. The van der Waals surface area contributed by atoms with Gasteiger partial charge in [0.05, 0.1) is 85.1 Å². The van der Waals surface area contributed by atoms with Gasteiger partial charge in [-0.25, -0.2) is 4.90 Å². The molecule has 2 amide bonds. The van der Waals surface area contributed by atoms with E-state index in [2.05, 4.69) is 4.99 Å². The minimum Gasteiger partial charge on any atom is -0.506 e. The number of Topliss-reactive ketones (excluding diaryl/α,β-unsaturated/α-hetero) is 1. The molecular weight excluding hydrogens is 688 g/mol. The number of benzene rings is 3. The Balaban J connectivity index is 1.51. The molecule has 0 radical (unpaired) electrons. The quantitative estimate of drug-likeness (QED) is 0.164. The molecule has 3 aromatic rings. The van der Waals surface area contributed by atoms with Gasteiger partial charge >= 0.3 is 0 Å². The smallest absolute Gasteiger partial charge is 0.267 e. The molecule has 3 aromatic carbocycles. The first-order valence-electron chi connectivity index (χ1n) is 11.2. The number of rotatable bonds is 2. The second kappa shape index (κ2) is 9.79. The first kappa shape index (κ1) is 28.1. The fourth-order valence-electron chi connectivity index (χ4n) is 4.97. The van der Waals surface area contributed by atoms with E-state index in [1.807, 2.05) is 0 Å². The van der Waals surface area contributed by atoms with Crippen molar-refractivity contribution in [3.05, 3.63) is 91.8 Å². The first-order valence-corrected chi connectivity index (χ1v) is 14.2. The van der Waals surface area contributed by atoms with E-state index in [1.54, 1.807) is 12.1 Å². The van der Waals surface area contributed by atoms with Gasteiger partial charge in [0, 0.05) is 0 Å². The van der Waals surface area contributed by atoms with E-state index in [0.717, 1.165) is 4.90 Å². The number of aliphatic imine (C=N–C) groups is 1. The highest BCUT2D eigenvalue weighted by Gasteiger charge is 2.44. The van der Waals surface area contributed by atoms with Gasteiger partial charge in [0.1, 0.15) is 5.76 Å². The number of halogens is 8. The van der Waals surface area contributed by atoms with Crippen LogP contribution in [0.5, 0.6) is 0 Å². The molecule has 1 aliphatic carbocycles. The molecule has 3 aliphatic rings. The van der Waals surface area contributed by atoms with Crippen LogP contribution in [0.2, 0.25) is 40.2 Å². The Kier molecular flexibility index (Phi) is 6.88. The Morgan fingerprint density at radius 2 is 1.15 bits per heavy atom. The lowest BCUT2D eigenvalue weighted by atomic mass is 9.94.